The first-order valence-corrected chi connectivity index (χ1v) is 10.9. The zero-order chi connectivity index (χ0) is 24.0. The summed E-state index contributed by atoms with van der Waals surface area (Å²) >= 11 is 0. The molecule has 0 spiro atoms. The number of imidazole rings is 1. The highest BCUT2D eigenvalue weighted by molar-refractivity contribution is 5.97. The number of anilines is 1. The van der Waals surface area contributed by atoms with Crippen LogP contribution in [0.25, 0.3) is 11.2 Å². The second-order valence-corrected chi connectivity index (χ2v) is 8.28. The molecule has 2 aromatic heterocycles. The Hall–Kier alpha value is -3.93. The van der Waals surface area contributed by atoms with Crippen LogP contribution in [0.15, 0.2) is 40.2 Å². The van der Waals surface area contributed by atoms with Crippen molar-refractivity contribution >= 4 is 28.7 Å². The predicted molar refractivity (Wildman–Crippen MR) is 121 cm³/mol. The molecular formula is C22H24N6O6. The summed E-state index contributed by atoms with van der Waals surface area (Å²) in [7, 11) is 3.15. The Morgan fingerprint density at radius 3 is 2.62 bits per heavy atom. The van der Waals surface area contributed by atoms with Crippen molar-refractivity contribution in [3.63, 3.8) is 0 Å². The average Bonchev–Trinajstić information content (AvgIpc) is 3.26. The van der Waals surface area contributed by atoms with Crippen LogP contribution in [0.3, 0.4) is 0 Å². The number of benzene rings is 1. The molecule has 2 aliphatic heterocycles. The van der Waals surface area contributed by atoms with Gasteiger partial charge in [0, 0.05) is 27.2 Å². The third kappa shape index (κ3) is 3.55. The van der Waals surface area contributed by atoms with Gasteiger partial charge in [0.15, 0.2) is 17.3 Å². The van der Waals surface area contributed by atoms with E-state index in [4.69, 9.17) is 9.47 Å². The van der Waals surface area contributed by atoms with Gasteiger partial charge in [0.05, 0.1) is 31.8 Å². The van der Waals surface area contributed by atoms with Crippen molar-refractivity contribution in [2.45, 2.75) is 12.6 Å². The maximum absolute atomic E-state index is 13.4. The van der Waals surface area contributed by atoms with E-state index in [1.165, 1.54) is 27.4 Å². The molecule has 1 atom stereocenters. The highest BCUT2D eigenvalue weighted by Crippen LogP contribution is 2.33. The van der Waals surface area contributed by atoms with E-state index in [1.54, 1.807) is 36.2 Å². The SMILES string of the molecule is Cn1cnc2c1c(=O)n(CC(=O)N1C[C@@H](C(=O)N3CCOCC3)Oc3ccccc31)c(=O)n2C. The first kappa shape index (κ1) is 21.9. The molecule has 1 aromatic carbocycles. The van der Waals surface area contributed by atoms with Crippen molar-refractivity contribution < 1.29 is 19.1 Å². The van der Waals surface area contributed by atoms with Crippen LogP contribution in [-0.2, 0) is 35.0 Å². The van der Waals surface area contributed by atoms with Gasteiger partial charge in [0.25, 0.3) is 11.5 Å². The number of morpholine rings is 1. The molecule has 3 aromatic rings. The summed E-state index contributed by atoms with van der Waals surface area (Å²) in [6, 6.07) is 6.88. The molecule has 12 heteroatoms. The quantitative estimate of drug-likeness (QED) is 0.488. The largest absolute Gasteiger partial charge is 0.476 e. The summed E-state index contributed by atoms with van der Waals surface area (Å²) in [5.74, 6) is -0.354. The second-order valence-electron chi connectivity index (χ2n) is 8.28. The molecule has 0 N–H and O–H groups in total. The highest BCUT2D eigenvalue weighted by Gasteiger charge is 2.36. The fourth-order valence-corrected chi connectivity index (χ4v) is 4.34. The van der Waals surface area contributed by atoms with E-state index in [0.717, 1.165) is 4.57 Å². The van der Waals surface area contributed by atoms with Crippen LogP contribution >= 0.6 is 0 Å². The second kappa shape index (κ2) is 8.45. The standard InChI is InChI=1S/C22H24N6O6/c1-24-13-23-19-18(24)21(31)28(22(32)25(19)2)12-17(29)27-11-16(20(30)26-7-9-33-10-8-26)34-15-6-4-3-5-14(15)27/h3-6,13,16H,7-12H2,1-2H3/t16-/m0/s1. The smallest absolute Gasteiger partial charge is 0.332 e. The lowest BCUT2D eigenvalue weighted by Gasteiger charge is -2.37. The van der Waals surface area contributed by atoms with Crippen LogP contribution in [-0.4, -0.2) is 74.4 Å². The van der Waals surface area contributed by atoms with Crippen LogP contribution in [0.5, 0.6) is 5.75 Å². The first-order chi connectivity index (χ1) is 16.4. The number of carbonyl (C=O) groups is 2. The Kier molecular flexibility index (Phi) is 5.44. The van der Waals surface area contributed by atoms with Gasteiger partial charge in [-0.25, -0.2) is 14.3 Å². The number of aromatic nitrogens is 4. The van der Waals surface area contributed by atoms with Gasteiger partial charge in [0.1, 0.15) is 12.3 Å². The summed E-state index contributed by atoms with van der Waals surface area (Å²) in [5.41, 5.74) is -0.308. The van der Waals surface area contributed by atoms with Gasteiger partial charge >= 0.3 is 5.69 Å². The Morgan fingerprint density at radius 2 is 1.85 bits per heavy atom. The minimum absolute atomic E-state index is 0.0327. The molecule has 2 aliphatic rings. The monoisotopic (exact) mass is 468 g/mol. The Labute approximate surface area is 193 Å². The van der Waals surface area contributed by atoms with Gasteiger partial charge < -0.3 is 23.8 Å². The van der Waals surface area contributed by atoms with E-state index in [9.17, 15) is 19.2 Å². The minimum Gasteiger partial charge on any atom is -0.476 e. The van der Waals surface area contributed by atoms with E-state index in [0.29, 0.717) is 37.7 Å². The fraction of sp³-hybridized carbons (Fsp3) is 0.409. The van der Waals surface area contributed by atoms with E-state index >= 15 is 0 Å². The Morgan fingerprint density at radius 1 is 1.12 bits per heavy atom. The third-order valence-corrected chi connectivity index (χ3v) is 6.17. The molecule has 0 bridgehead atoms. The van der Waals surface area contributed by atoms with Crippen molar-refractivity contribution in [1.29, 1.82) is 0 Å². The van der Waals surface area contributed by atoms with Gasteiger partial charge in [-0.15, -0.1) is 0 Å². The minimum atomic E-state index is -0.906. The number of para-hydroxylation sites is 2. The molecular weight excluding hydrogens is 444 g/mol. The molecule has 1 saturated heterocycles. The summed E-state index contributed by atoms with van der Waals surface area (Å²) in [6.07, 6.45) is 0.536. The molecule has 178 valence electrons. The van der Waals surface area contributed by atoms with Crippen LogP contribution in [0.4, 0.5) is 5.69 Å². The van der Waals surface area contributed by atoms with Crippen LogP contribution in [0.2, 0.25) is 0 Å². The van der Waals surface area contributed by atoms with Gasteiger partial charge in [-0.1, -0.05) is 12.1 Å². The van der Waals surface area contributed by atoms with Gasteiger partial charge in [-0.05, 0) is 12.1 Å². The summed E-state index contributed by atoms with van der Waals surface area (Å²) in [4.78, 5) is 59.6. The third-order valence-electron chi connectivity index (χ3n) is 6.17. The van der Waals surface area contributed by atoms with E-state index in [1.807, 2.05) is 0 Å². The number of carbonyl (C=O) groups excluding carboxylic acids is 2. The van der Waals surface area contributed by atoms with Crippen LogP contribution in [0, 0.1) is 0 Å². The van der Waals surface area contributed by atoms with Gasteiger partial charge in [0.2, 0.25) is 5.91 Å². The molecule has 34 heavy (non-hydrogen) atoms. The summed E-state index contributed by atoms with van der Waals surface area (Å²) in [6.45, 7) is 1.27. The Balaban J connectivity index is 1.48. The van der Waals surface area contributed by atoms with E-state index < -0.39 is 29.8 Å². The number of aryl methyl sites for hydroxylation is 2. The van der Waals surface area contributed by atoms with E-state index in [2.05, 4.69) is 4.98 Å². The number of nitrogens with zero attached hydrogens (tertiary/aromatic N) is 6. The topological polar surface area (TPSA) is 121 Å². The maximum Gasteiger partial charge on any atom is 0.332 e. The van der Waals surface area contributed by atoms with Crippen molar-refractivity contribution in [3.05, 3.63) is 51.4 Å². The lowest BCUT2D eigenvalue weighted by molar-refractivity contribution is -0.142. The molecule has 0 aliphatic carbocycles. The number of rotatable bonds is 3. The lowest BCUT2D eigenvalue weighted by atomic mass is 10.1. The fourth-order valence-electron chi connectivity index (χ4n) is 4.34. The van der Waals surface area contributed by atoms with Crippen LogP contribution in [0.1, 0.15) is 0 Å². The lowest BCUT2D eigenvalue weighted by Crippen LogP contribution is -2.55. The van der Waals surface area contributed by atoms with Crippen LogP contribution < -0.4 is 20.9 Å². The molecule has 12 nitrogen and oxygen atoms in total. The number of hydrogen-bond donors (Lipinski definition) is 0. The molecule has 5 rings (SSSR count). The summed E-state index contributed by atoms with van der Waals surface area (Å²) < 4.78 is 14.9. The molecule has 0 saturated carbocycles. The number of amides is 2. The van der Waals surface area contributed by atoms with Crippen molar-refractivity contribution in [2.24, 2.45) is 14.1 Å². The van der Waals surface area contributed by atoms with Gasteiger partial charge in [-0.2, -0.15) is 0 Å². The van der Waals surface area contributed by atoms with Crippen molar-refractivity contribution in [2.75, 3.05) is 37.7 Å². The zero-order valence-electron chi connectivity index (χ0n) is 18.8. The molecule has 0 radical (unpaired) electrons. The van der Waals surface area contributed by atoms with E-state index in [-0.39, 0.29) is 23.6 Å². The zero-order valence-corrected chi connectivity index (χ0v) is 18.8. The summed E-state index contributed by atoms with van der Waals surface area (Å²) in [5, 5.41) is 0. The van der Waals surface area contributed by atoms with Gasteiger partial charge in [-0.3, -0.25) is 19.0 Å². The molecule has 0 unspecified atom stereocenters. The van der Waals surface area contributed by atoms with Crippen molar-refractivity contribution in [1.82, 2.24) is 23.6 Å². The number of ether oxygens (including phenoxy) is 2. The highest BCUT2D eigenvalue weighted by atomic mass is 16.5. The average molecular weight is 468 g/mol. The van der Waals surface area contributed by atoms with Crippen molar-refractivity contribution in [3.8, 4) is 5.75 Å². The predicted octanol–water partition coefficient (Wildman–Crippen LogP) is -0.913. The Bertz CT molecular complexity index is 1400. The number of hydrogen-bond acceptors (Lipinski definition) is 7. The first-order valence-electron chi connectivity index (χ1n) is 10.9. The maximum atomic E-state index is 13.4. The number of fused-ring (bicyclic) bond motifs is 2. The molecule has 2 amide bonds. The molecule has 1 fully saturated rings. The normalized spacial score (nSPS) is 18.0. The molecule has 4 heterocycles.